The molecule has 2 N–H and O–H groups in total. The van der Waals surface area contributed by atoms with Crippen LogP contribution in [0, 0.1) is 20.8 Å². The third-order valence-corrected chi connectivity index (χ3v) is 5.54. The number of amides is 1. The standard InChI is InChI=1S/C23H23N3O6/c1-11-10-24-13(3)18(11)21(27)19-20(14-6-7-15(30-4)16(9-14)31-5)26(23(29)22(19)28)17-8-12(2)32-25-17/h6-10,20,24,27H,1-5H3/b21-19+. The molecule has 0 bridgehead atoms. The molecule has 166 valence electrons. The summed E-state index contributed by atoms with van der Waals surface area (Å²) in [4.78, 5) is 30.6. The lowest BCUT2D eigenvalue weighted by Crippen LogP contribution is -2.29. The van der Waals surface area contributed by atoms with E-state index in [1.165, 1.54) is 19.1 Å². The van der Waals surface area contributed by atoms with Crippen LogP contribution in [0.25, 0.3) is 5.76 Å². The number of rotatable bonds is 5. The number of methoxy groups -OCH3 is 2. The van der Waals surface area contributed by atoms with Crippen molar-refractivity contribution < 1.29 is 28.7 Å². The first-order chi connectivity index (χ1) is 15.3. The number of ketones is 1. The molecule has 1 amide bonds. The van der Waals surface area contributed by atoms with E-state index in [9.17, 15) is 14.7 Å². The van der Waals surface area contributed by atoms with Crippen LogP contribution in [0.15, 0.2) is 40.6 Å². The van der Waals surface area contributed by atoms with Gasteiger partial charge in [0, 0.05) is 23.5 Å². The minimum Gasteiger partial charge on any atom is -0.507 e. The highest BCUT2D eigenvalue weighted by atomic mass is 16.5. The number of nitrogens with one attached hydrogen (secondary N) is 1. The van der Waals surface area contributed by atoms with E-state index >= 15 is 0 Å². The number of aryl methyl sites for hydroxylation is 3. The lowest BCUT2D eigenvalue weighted by molar-refractivity contribution is -0.132. The normalized spacial score (nSPS) is 17.8. The molecule has 2 aromatic heterocycles. The number of anilines is 1. The van der Waals surface area contributed by atoms with Gasteiger partial charge in [0.15, 0.2) is 17.3 Å². The molecule has 0 aliphatic carbocycles. The fraction of sp³-hybridized carbons (Fsp3) is 0.261. The number of aliphatic hydroxyl groups is 1. The van der Waals surface area contributed by atoms with Crippen LogP contribution in [-0.2, 0) is 9.59 Å². The third kappa shape index (κ3) is 3.22. The van der Waals surface area contributed by atoms with Crippen molar-refractivity contribution in [1.82, 2.24) is 10.1 Å². The molecule has 4 rings (SSSR count). The van der Waals surface area contributed by atoms with E-state index < -0.39 is 17.7 Å². The van der Waals surface area contributed by atoms with Gasteiger partial charge in [-0.25, -0.2) is 0 Å². The Bertz CT molecular complexity index is 1230. The molecule has 1 fully saturated rings. The first-order valence-corrected chi connectivity index (χ1v) is 9.89. The van der Waals surface area contributed by atoms with Crippen LogP contribution >= 0.6 is 0 Å². The minimum atomic E-state index is -0.951. The summed E-state index contributed by atoms with van der Waals surface area (Å²) in [7, 11) is 3.01. The number of carbonyl (C=O) groups is 2. The van der Waals surface area contributed by atoms with E-state index in [1.54, 1.807) is 51.2 Å². The second-order valence-corrected chi connectivity index (χ2v) is 7.55. The van der Waals surface area contributed by atoms with Gasteiger partial charge in [0.1, 0.15) is 11.5 Å². The molecule has 3 aromatic rings. The van der Waals surface area contributed by atoms with Crippen molar-refractivity contribution in [3.05, 3.63) is 64.2 Å². The summed E-state index contributed by atoms with van der Waals surface area (Å²) in [5, 5.41) is 15.2. The van der Waals surface area contributed by atoms with Gasteiger partial charge in [-0.05, 0) is 44.0 Å². The quantitative estimate of drug-likeness (QED) is 0.356. The molecule has 0 radical (unpaired) electrons. The van der Waals surface area contributed by atoms with Gasteiger partial charge >= 0.3 is 5.91 Å². The number of hydrogen-bond acceptors (Lipinski definition) is 7. The number of aromatic nitrogens is 2. The fourth-order valence-electron chi connectivity index (χ4n) is 4.03. The molecule has 1 saturated heterocycles. The monoisotopic (exact) mass is 437 g/mol. The highest BCUT2D eigenvalue weighted by Crippen LogP contribution is 2.44. The van der Waals surface area contributed by atoms with Crippen molar-refractivity contribution in [2.75, 3.05) is 19.1 Å². The van der Waals surface area contributed by atoms with E-state index in [0.717, 1.165) is 5.56 Å². The number of benzene rings is 1. The first-order valence-electron chi connectivity index (χ1n) is 9.89. The molecule has 1 aliphatic heterocycles. The topological polar surface area (TPSA) is 118 Å². The number of nitrogens with zero attached hydrogens (tertiary/aromatic N) is 2. The molecule has 9 nitrogen and oxygen atoms in total. The summed E-state index contributed by atoms with van der Waals surface area (Å²) in [5.74, 6) is -0.338. The maximum Gasteiger partial charge on any atom is 0.301 e. The van der Waals surface area contributed by atoms with Crippen LogP contribution in [0.3, 0.4) is 0 Å². The first kappa shape index (κ1) is 21.2. The van der Waals surface area contributed by atoms with Crippen LogP contribution in [-0.4, -0.2) is 41.2 Å². The Balaban J connectivity index is 1.99. The van der Waals surface area contributed by atoms with Gasteiger partial charge in [0.25, 0.3) is 5.78 Å². The number of ether oxygens (including phenoxy) is 2. The molecule has 0 spiro atoms. The van der Waals surface area contributed by atoms with E-state index in [1.807, 2.05) is 0 Å². The van der Waals surface area contributed by atoms with Gasteiger partial charge in [-0.1, -0.05) is 11.2 Å². The Hall–Kier alpha value is -4.01. The Morgan fingerprint density at radius 3 is 2.41 bits per heavy atom. The molecule has 1 aromatic carbocycles. The Kier molecular flexibility index (Phi) is 5.25. The third-order valence-electron chi connectivity index (χ3n) is 5.54. The maximum atomic E-state index is 13.2. The zero-order valence-electron chi connectivity index (χ0n) is 18.3. The van der Waals surface area contributed by atoms with Crippen molar-refractivity contribution in [3.8, 4) is 11.5 Å². The molecule has 1 unspecified atom stereocenters. The lowest BCUT2D eigenvalue weighted by atomic mass is 9.94. The van der Waals surface area contributed by atoms with E-state index in [0.29, 0.717) is 34.1 Å². The second kappa shape index (κ2) is 7.92. The SMILES string of the molecule is COc1ccc(C2/C(=C(\O)c3c(C)c[nH]c3C)C(=O)C(=O)N2c2cc(C)on2)cc1OC. The number of carbonyl (C=O) groups excluding carboxylic acids is 2. The second-order valence-electron chi connectivity index (χ2n) is 7.55. The minimum absolute atomic E-state index is 0.0475. The Morgan fingerprint density at radius 2 is 1.84 bits per heavy atom. The number of Topliss-reactive ketones (excluding diaryl/α,β-unsaturated/α-hetero) is 1. The summed E-state index contributed by atoms with van der Waals surface area (Å²) in [5.41, 5.74) is 2.39. The molecule has 9 heteroatoms. The molecule has 32 heavy (non-hydrogen) atoms. The summed E-state index contributed by atoms with van der Waals surface area (Å²) in [6.45, 7) is 5.27. The van der Waals surface area contributed by atoms with Gasteiger partial charge < -0.3 is 24.1 Å². The molecular weight excluding hydrogens is 414 g/mol. The van der Waals surface area contributed by atoms with Crippen molar-refractivity contribution >= 4 is 23.3 Å². The summed E-state index contributed by atoms with van der Waals surface area (Å²) >= 11 is 0. The average molecular weight is 437 g/mol. The molecule has 1 atom stereocenters. The summed E-state index contributed by atoms with van der Waals surface area (Å²) < 4.78 is 15.9. The Morgan fingerprint density at radius 1 is 1.12 bits per heavy atom. The molecule has 3 heterocycles. The van der Waals surface area contributed by atoms with Crippen LogP contribution in [0.5, 0.6) is 11.5 Å². The van der Waals surface area contributed by atoms with Gasteiger partial charge in [0.2, 0.25) is 0 Å². The fourth-order valence-corrected chi connectivity index (χ4v) is 4.03. The van der Waals surface area contributed by atoms with Crippen LogP contribution in [0.1, 0.15) is 34.2 Å². The van der Waals surface area contributed by atoms with Crippen LogP contribution in [0.2, 0.25) is 0 Å². The lowest BCUT2D eigenvalue weighted by Gasteiger charge is -2.23. The number of aliphatic hydroxyl groups excluding tert-OH is 1. The number of hydrogen-bond donors (Lipinski definition) is 2. The number of H-pyrrole nitrogens is 1. The Labute approximate surface area is 184 Å². The molecular formula is C23H23N3O6. The van der Waals surface area contributed by atoms with E-state index in [4.69, 9.17) is 14.0 Å². The largest absolute Gasteiger partial charge is 0.507 e. The summed E-state index contributed by atoms with van der Waals surface area (Å²) in [6.07, 6.45) is 1.73. The van der Waals surface area contributed by atoms with Gasteiger partial charge in [-0.3, -0.25) is 14.5 Å². The van der Waals surface area contributed by atoms with Crippen molar-refractivity contribution in [1.29, 1.82) is 0 Å². The number of aromatic amines is 1. The predicted octanol–water partition coefficient (Wildman–Crippen LogP) is 3.57. The van der Waals surface area contributed by atoms with E-state index in [2.05, 4.69) is 10.1 Å². The maximum absolute atomic E-state index is 13.2. The van der Waals surface area contributed by atoms with Crippen molar-refractivity contribution in [2.24, 2.45) is 0 Å². The average Bonchev–Trinajstić information content (AvgIpc) is 3.43. The molecule has 1 aliphatic rings. The zero-order valence-corrected chi connectivity index (χ0v) is 18.3. The highest BCUT2D eigenvalue weighted by Gasteiger charge is 2.48. The highest BCUT2D eigenvalue weighted by molar-refractivity contribution is 6.51. The van der Waals surface area contributed by atoms with Gasteiger partial charge in [-0.15, -0.1) is 0 Å². The van der Waals surface area contributed by atoms with Crippen molar-refractivity contribution in [3.63, 3.8) is 0 Å². The van der Waals surface area contributed by atoms with Gasteiger partial charge in [0.05, 0.1) is 25.8 Å². The smallest absolute Gasteiger partial charge is 0.301 e. The van der Waals surface area contributed by atoms with Crippen molar-refractivity contribution in [2.45, 2.75) is 26.8 Å². The molecule has 0 saturated carbocycles. The summed E-state index contributed by atoms with van der Waals surface area (Å²) in [6, 6.07) is 5.66. The predicted molar refractivity (Wildman–Crippen MR) is 116 cm³/mol. The van der Waals surface area contributed by atoms with E-state index in [-0.39, 0.29) is 17.2 Å². The van der Waals surface area contributed by atoms with Crippen LogP contribution < -0.4 is 14.4 Å². The zero-order chi connectivity index (χ0) is 23.2. The van der Waals surface area contributed by atoms with Gasteiger partial charge in [-0.2, -0.15) is 0 Å². The van der Waals surface area contributed by atoms with Crippen LogP contribution in [0.4, 0.5) is 5.82 Å².